The maximum atomic E-state index is 13.7. The van der Waals surface area contributed by atoms with Crippen LogP contribution in [-0.4, -0.2) is 41.5 Å². The van der Waals surface area contributed by atoms with Crippen molar-refractivity contribution < 1.29 is 19.1 Å². The number of carbonyl (C=O) groups excluding carboxylic acids is 2. The number of ether oxygens (including phenoxy) is 2. The highest BCUT2D eigenvalue weighted by Crippen LogP contribution is 2.42. The van der Waals surface area contributed by atoms with Gasteiger partial charge in [0.15, 0.2) is 23.6 Å². The van der Waals surface area contributed by atoms with Crippen LogP contribution in [0.15, 0.2) is 53.4 Å². The number of para-hydroxylation sites is 1. The van der Waals surface area contributed by atoms with Crippen LogP contribution in [0.25, 0.3) is 6.08 Å². The molecule has 2 amide bonds. The predicted molar refractivity (Wildman–Crippen MR) is 140 cm³/mol. The molecule has 2 aromatic carbocycles. The van der Waals surface area contributed by atoms with Crippen LogP contribution < -0.4 is 20.5 Å². The van der Waals surface area contributed by atoms with Crippen molar-refractivity contribution in [3.05, 3.63) is 59.0 Å². The van der Waals surface area contributed by atoms with E-state index < -0.39 is 5.91 Å². The molecule has 1 saturated heterocycles. The molecule has 1 aliphatic heterocycles. The van der Waals surface area contributed by atoms with Crippen LogP contribution in [0.1, 0.15) is 45.1 Å². The Bertz CT molecular complexity index is 1080. The summed E-state index contributed by atoms with van der Waals surface area (Å²) in [4.78, 5) is 27.5. The lowest BCUT2D eigenvalue weighted by Crippen LogP contribution is -2.48. The number of rotatable bonds is 9. The van der Waals surface area contributed by atoms with Crippen LogP contribution in [0.4, 0.5) is 5.69 Å². The van der Waals surface area contributed by atoms with E-state index >= 15 is 0 Å². The third-order valence-electron chi connectivity index (χ3n) is 6.36. The molecule has 35 heavy (non-hydrogen) atoms. The van der Waals surface area contributed by atoms with E-state index in [1.54, 1.807) is 17.8 Å². The van der Waals surface area contributed by atoms with Gasteiger partial charge in [0.05, 0.1) is 11.5 Å². The number of amides is 2. The maximum absolute atomic E-state index is 13.7. The second-order valence-electron chi connectivity index (χ2n) is 8.92. The van der Waals surface area contributed by atoms with E-state index in [0.29, 0.717) is 28.9 Å². The van der Waals surface area contributed by atoms with Crippen molar-refractivity contribution in [1.29, 1.82) is 0 Å². The molecule has 1 heterocycles. The minimum Gasteiger partial charge on any atom is -0.490 e. The molecule has 2 fully saturated rings. The summed E-state index contributed by atoms with van der Waals surface area (Å²) in [5.74, 6) is 0.906. The van der Waals surface area contributed by atoms with Gasteiger partial charge in [-0.2, -0.15) is 0 Å². The number of hydrogen-bond acceptors (Lipinski definition) is 6. The number of nitrogens with one attached hydrogen (secondary N) is 1. The second kappa shape index (κ2) is 11.5. The van der Waals surface area contributed by atoms with Gasteiger partial charge in [-0.25, -0.2) is 0 Å². The van der Waals surface area contributed by atoms with Crippen molar-refractivity contribution in [2.75, 3.05) is 18.5 Å². The van der Waals surface area contributed by atoms with Crippen molar-refractivity contribution in [2.24, 2.45) is 11.7 Å². The van der Waals surface area contributed by atoms with Crippen molar-refractivity contribution in [1.82, 2.24) is 4.90 Å². The first-order valence-corrected chi connectivity index (χ1v) is 13.0. The Balaban J connectivity index is 1.62. The summed E-state index contributed by atoms with van der Waals surface area (Å²) in [6.45, 7) is 4.35. The summed E-state index contributed by atoms with van der Waals surface area (Å²) in [5, 5.41) is 3.56. The van der Waals surface area contributed by atoms with Crippen molar-refractivity contribution in [3.8, 4) is 11.5 Å². The molecule has 1 saturated carbocycles. The molecular formula is C27H33N3O4S. The van der Waals surface area contributed by atoms with Crippen LogP contribution in [0.5, 0.6) is 11.5 Å². The van der Waals surface area contributed by atoms with E-state index in [1.165, 1.54) is 6.42 Å². The van der Waals surface area contributed by atoms with E-state index in [0.717, 1.165) is 30.5 Å². The minimum atomic E-state index is -0.555. The smallest absolute Gasteiger partial charge is 0.262 e. The average molecular weight is 496 g/mol. The molecule has 0 bridgehead atoms. The Morgan fingerprint density at radius 2 is 1.91 bits per heavy atom. The zero-order valence-electron chi connectivity index (χ0n) is 20.2. The van der Waals surface area contributed by atoms with Crippen molar-refractivity contribution in [2.45, 2.75) is 51.1 Å². The third-order valence-corrected chi connectivity index (χ3v) is 7.47. The van der Waals surface area contributed by atoms with Crippen LogP contribution in [0.3, 0.4) is 0 Å². The normalized spacial score (nSPS) is 23.4. The molecule has 0 aromatic heterocycles. The number of thioether (sulfide) groups is 1. The first-order valence-electron chi connectivity index (χ1n) is 12.2. The zero-order chi connectivity index (χ0) is 24.8. The molecule has 1 aliphatic carbocycles. The molecule has 3 N–H and O–H groups in total. The second-order valence-corrected chi connectivity index (χ2v) is 10.0. The molecule has 186 valence electrons. The predicted octanol–water partition coefficient (Wildman–Crippen LogP) is 4.84. The average Bonchev–Trinajstić information content (AvgIpc) is 3.14. The SMILES string of the molecule is CCOc1cc(/C=C2\SC(Nc3ccccc3)N([C@@H]3CCCC[C@H]3C)C2=O)ccc1OCC(N)=O. The Labute approximate surface area is 211 Å². The number of carbonyl (C=O) groups is 2. The fourth-order valence-electron chi connectivity index (χ4n) is 4.67. The fraction of sp³-hybridized carbons (Fsp3) is 0.407. The van der Waals surface area contributed by atoms with Gasteiger partial charge in [-0.05, 0) is 61.6 Å². The Hall–Kier alpha value is -3.13. The van der Waals surface area contributed by atoms with E-state index in [4.69, 9.17) is 15.2 Å². The maximum Gasteiger partial charge on any atom is 0.262 e. The standard InChI is InChI=1S/C27H33N3O4S/c1-3-33-23-15-19(13-14-22(23)34-17-25(28)31)16-24-26(32)30(21-12-8-7-9-18(21)2)27(35-24)29-20-10-5-4-6-11-20/h4-6,10-11,13-16,18,21,27,29H,3,7-9,12,17H2,1-2H3,(H2,28,31)/b24-16-/t18-,21-,27?/m1/s1. The summed E-state index contributed by atoms with van der Waals surface area (Å²) in [7, 11) is 0. The van der Waals surface area contributed by atoms with Gasteiger partial charge in [-0.3, -0.25) is 9.59 Å². The monoisotopic (exact) mass is 495 g/mol. The minimum absolute atomic E-state index is 0.0502. The highest BCUT2D eigenvalue weighted by molar-refractivity contribution is 8.05. The number of anilines is 1. The summed E-state index contributed by atoms with van der Waals surface area (Å²) in [5.41, 5.74) is 6.85. The van der Waals surface area contributed by atoms with Gasteiger partial charge in [0.25, 0.3) is 11.8 Å². The van der Waals surface area contributed by atoms with Crippen molar-refractivity contribution >= 4 is 35.3 Å². The van der Waals surface area contributed by atoms with Gasteiger partial charge in [0.2, 0.25) is 0 Å². The first kappa shape index (κ1) is 25.0. The molecular weight excluding hydrogens is 462 g/mol. The number of nitrogens with two attached hydrogens (primary N) is 1. The molecule has 0 spiro atoms. The molecule has 7 nitrogen and oxygen atoms in total. The summed E-state index contributed by atoms with van der Waals surface area (Å²) < 4.78 is 11.2. The highest BCUT2D eigenvalue weighted by atomic mass is 32.2. The van der Waals surface area contributed by atoms with Gasteiger partial charge < -0.3 is 25.4 Å². The number of nitrogens with zero attached hydrogens (tertiary/aromatic N) is 1. The lowest BCUT2D eigenvalue weighted by molar-refractivity contribution is -0.129. The van der Waals surface area contributed by atoms with Crippen LogP contribution in [0, 0.1) is 5.92 Å². The van der Waals surface area contributed by atoms with Crippen LogP contribution >= 0.6 is 11.8 Å². The molecule has 0 radical (unpaired) electrons. The first-order chi connectivity index (χ1) is 17.0. The molecule has 3 atom stereocenters. The highest BCUT2D eigenvalue weighted by Gasteiger charge is 2.42. The number of primary amides is 1. The van der Waals surface area contributed by atoms with E-state index in [-0.39, 0.29) is 24.1 Å². The van der Waals surface area contributed by atoms with Gasteiger partial charge in [-0.1, -0.05) is 55.8 Å². The van der Waals surface area contributed by atoms with Gasteiger partial charge in [0, 0.05) is 11.7 Å². The molecule has 8 heteroatoms. The molecule has 1 unspecified atom stereocenters. The van der Waals surface area contributed by atoms with Crippen molar-refractivity contribution in [3.63, 3.8) is 0 Å². The summed E-state index contributed by atoms with van der Waals surface area (Å²) in [6, 6.07) is 15.6. The summed E-state index contributed by atoms with van der Waals surface area (Å²) in [6.07, 6.45) is 6.43. The lowest BCUT2D eigenvalue weighted by Gasteiger charge is -2.39. The topological polar surface area (TPSA) is 93.9 Å². The Kier molecular flexibility index (Phi) is 8.23. The largest absolute Gasteiger partial charge is 0.490 e. The van der Waals surface area contributed by atoms with E-state index in [9.17, 15) is 9.59 Å². The third kappa shape index (κ3) is 6.11. The quantitative estimate of drug-likeness (QED) is 0.484. The van der Waals surface area contributed by atoms with E-state index in [1.807, 2.05) is 60.4 Å². The van der Waals surface area contributed by atoms with E-state index in [2.05, 4.69) is 12.2 Å². The molecule has 4 rings (SSSR count). The number of hydrogen-bond donors (Lipinski definition) is 2. The molecule has 2 aliphatic rings. The Morgan fingerprint density at radius 3 is 2.63 bits per heavy atom. The van der Waals surface area contributed by atoms with Gasteiger partial charge >= 0.3 is 0 Å². The zero-order valence-corrected chi connectivity index (χ0v) is 21.1. The lowest BCUT2D eigenvalue weighted by atomic mass is 9.85. The van der Waals surface area contributed by atoms with Crippen LogP contribution in [0.2, 0.25) is 0 Å². The Morgan fingerprint density at radius 1 is 1.14 bits per heavy atom. The van der Waals surface area contributed by atoms with Gasteiger partial charge in [-0.15, -0.1) is 0 Å². The number of benzene rings is 2. The summed E-state index contributed by atoms with van der Waals surface area (Å²) >= 11 is 1.54. The van der Waals surface area contributed by atoms with Crippen LogP contribution in [-0.2, 0) is 9.59 Å². The van der Waals surface area contributed by atoms with Gasteiger partial charge in [0.1, 0.15) is 0 Å². The molecule has 2 aromatic rings. The fourth-order valence-corrected chi connectivity index (χ4v) is 5.88.